The van der Waals surface area contributed by atoms with E-state index in [0.29, 0.717) is 0 Å². The van der Waals surface area contributed by atoms with Crippen LogP contribution in [-0.2, 0) is 4.74 Å². The number of carbonyl (C=O) groups is 1. The van der Waals surface area contributed by atoms with Crippen LogP contribution in [0.3, 0.4) is 0 Å². The van der Waals surface area contributed by atoms with E-state index in [-0.39, 0.29) is 27.8 Å². The highest BCUT2D eigenvalue weighted by atomic mass is 79.9. The van der Waals surface area contributed by atoms with Crippen LogP contribution in [0.5, 0.6) is 0 Å². The minimum Gasteiger partial charge on any atom is -0.462 e. The maximum atomic E-state index is 12.5. The number of hydrogen-bond donors (Lipinski definition) is 0. The van der Waals surface area contributed by atoms with Gasteiger partial charge in [0.15, 0.2) is 0 Å². The third-order valence-electron chi connectivity index (χ3n) is 1.96. The van der Waals surface area contributed by atoms with Gasteiger partial charge in [0.05, 0.1) is 17.7 Å². The highest BCUT2D eigenvalue weighted by molar-refractivity contribution is 9.10. The van der Waals surface area contributed by atoms with Crippen molar-refractivity contribution in [3.63, 3.8) is 0 Å². The number of alkyl halides is 2. The molecule has 0 saturated heterocycles. The molecule has 0 aromatic heterocycles. The number of ether oxygens (including phenoxy) is 1. The van der Waals surface area contributed by atoms with Gasteiger partial charge in [-0.1, -0.05) is 0 Å². The summed E-state index contributed by atoms with van der Waals surface area (Å²) in [4.78, 5) is 11.5. The molecule has 0 aliphatic carbocycles. The first-order valence-corrected chi connectivity index (χ1v) is 5.49. The van der Waals surface area contributed by atoms with Gasteiger partial charge in [-0.2, -0.15) is 5.26 Å². The molecule has 1 rings (SSSR count). The van der Waals surface area contributed by atoms with Crippen molar-refractivity contribution in [3.8, 4) is 6.07 Å². The molecule has 0 aliphatic heterocycles. The van der Waals surface area contributed by atoms with E-state index >= 15 is 0 Å². The normalized spacial score (nSPS) is 10.1. The van der Waals surface area contributed by atoms with E-state index in [0.717, 1.165) is 12.1 Å². The zero-order chi connectivity index (χ0) is 13.0. The number of carbonyl (C=O) groups excluding carboxylic acids is 1. The largest absolute Gasteiger partial charge is 0.462 e. The lowest BCUT2D eigenvalue weighted by Crippen LogP contribution is -2.08. The van der Waals surface area contributed by atoms with E-state index in [9.17, 15) is 13.6 Å². The Morgan fingerprint density at radius 1 is 1.59 bits per heavy atom. The highest BCUT2D eigenvalue weighted by Crippen LogP contribution is 2.28. The van der Waals surface area contributed by atoms with Crippen LogP contribution in [-0.4, -0.2) is 12.6 Å². The minimum atomic E-state index is -2.70. The first-order chi connectivity index (χ1) is 8.01. The van der Waals surface area contributed by atoms with Gasteiger partial charge in [0.2, 0.25) is 0 Å². The van der Waals surface area contributed by atoms with Crippen molar-refractivity contribution >= 4 is 21.9 Å². The molecule has 0 spiro atoms. The lowest BCUT2D eigenvalue weighted by Gasteiger charge is -2.08. The van der Waals surface area contributed by atoms with Crippen molar-refractivity contribution in [2.24, 2.45) is 0 Å². The number of nitriles is 1. The molecule has 17 heavy (non-hydrogen) atoms. The van der Waals surface area contributed by atoms with E-state index < -0.39 is 12.4 Å². The molecule has 0 atom stereocenters. The molecule has 0 aliphatic rings. The Kier molecular flexibility index (Phi) is 4.58. The second kappa shape index (κ2) is 5.73. The van der Waals surface area contributed by atoms with Crippen molar-refractivity contribution in [1.29, 1.82) is 5.26 Å². The minimum absolute atomic E-state index is 0.0289. The zero-order valence-electron chi connectivity index (χ0n) is 8.84. The molecule has 0 unspecified atom stereocenters. The van der Waals surface area contributed by atoms with Crippen molar-refractivity contribution in [2.45, 2.75) is 13.3 Å². The van der Waals surface area contributed by atoms with E-state index in [1.54, 1.807) is 13.0 Å². The summed E-state index contributed by atoms with van der Waals surface area (Å²) < 4.78 is 29.9. The molecule has 90 valence electrons. The Hall–Kier alpha value is -1.48. The second-order valence-corrected chi connectivity index (χ2v) is 3.91. The molecule has 6 heteroatoms. The maximum absolute atomic E-state index is 12.5. The lowest BCUT2D eigenvalue weighted by atomic mass is 10.1. The van der Waals surface area contributed by atoms with Crippen molar-refractivity contribution in [3.05, 3.63) is 33.3 Å². The van der Waals surface area contributed by atoms with Gasteiger partial charge in [0.1, 0.15) is 6.07 Å². The summed E-state index contributed by atoms with van der Waals surface area (Å²) in [6, 6.07) is 3.80. The van der Waals surface area contributed by atoms with Crippen LogP contribution in [0.15, 0.2) is 16.6 Å². The predicted molar refractivity (Wildman–Crippen MR) is 59.8 cm³/mol. The molecule has 3 nitrogen and oxygen atoms in total. The Labute approximate surface area is 105 Å². The lowest BCUT2D eigenvalue weighted by molar-refractivity contribution is 0.0524. The van der Waals surface area contributed by atoms with Crippen LogP contribution in [0.4, 0.5) is 8.78 Å². The Morgan fingerprint density at radius 2 is 2.24 bits per heavy atom. The van der Waals surface area contributed by atoms with Crippen LogP contribution in [0, 0.1) is 11.3 Å². The van der Waals surface area contributed by atoms with Gasteiger partial charge >= 0.3 is 5.97 Å². The zero-order valence-corrected chi connectivity index (χ0v) is 10.4. The number of rotatable bonds is 3. The predicted octanol–water partition coefficient (Wildman–Crippen LogP) is 3.44. The summed E-state index contributed by atoms with van der Waals surface area (Å²) in [5.41, 5.74) is -0.478. The molecule has 0 bridgehead atoms. The van der Waals surface area contributed by atoms with E-state index in [1.807, 2.05) is 0 Å². The molecular formula is C11H8BrF2NO2. The topological polar surface area (TPSA) is 50.1 Å². The quantitative estimate of drug-likeness (QED) is 0.804. The molecule has 0 saturated carbocycles. The number of esters is 1. The van der Waals surface area contributed by atoms with Gasteiger partial charge in [0, 0.05) is 10.0 Å². The summed E-state index contributed by atoms with van der Waals surface area (Å²) in [7, 11) is 0. The van der Waals surface area contributed by atoms with Crippen LogP contribution in [0.1, 0.15) is 34.8 Å². The van der Waals surface area contributed by atoms with Gasteiger partial charge in [-0.3, -0.25) is 0 Å². The molecule has 0 heterocycles. The van der Waals surface area contributed by atoms with Crippen LogP contribution in [0.2, 0.25) is 0 Å². The van der Waals surface area contributed by atoms with Crippen molar-refractivity contribution in [2.75, 3.05) is 6.61 Å². The van der Waals surface area contributed by atoms with Crippen molar-refractivity contribution in [1.82, 2.24) is 0 Å². The third-order valence-corrected chi connectivity index (χ3v) is 2.59. The maximum Gasteiger partial charge on any atom is 0.340 e. The summed E-state index contributed by atoms with van der Waals surface area (Å²) in [6.45, 7) is 1.76. The smallest absolute Gasteiger partial charge is 0.340 e. The number of nitrogens with zero attached hydrogens (tertiary/aromatic N) is 1. The Bertz CT molecular complexity index is 483. The molecule has 0 radical (unpaired) electrons. The van der Waals surface area contributed by atoms with Crippen LogP contribution in [0.25, 0.3) is 0 Å². The monoisotopic (exact) mass is 303 g/mol. The van der Waals surface area contributed by atoms with Gasteiger partial charge in [-0.25, -0.2) is 13.6 Å². The number of halogens is 3. The first kappa shape index (κ1) is 13.6. The number of benzene rings is 1. The van der Waals surface area contributed by atoms with Crippen molar-refractivity contribution < 1.29 is 18.3 Å². The standard InChI is InChI=1S/C11H8BrF2NO2/c1-2-17-11(16)9-7(5-15)3-6(10(13)14)4-8(9)12/h3-4,10H,2H2,1H3. The van der Waals surface area contributed by atoms with E-state index in [4.69, 9.17) is 10.00 Å². The molecule has 0 N–H and O–H groups in total. The van der Waals surface area contributed by atoms with E-state index in [2.05, 4.69) is 15.9 Å². The highest BCUT2D eigenvalue weighted by Gasteiger charge is 2.20. The second-order valence-electron chi connectivity index (χ2n) is 3.06. The fourth-order valence-electron chi connectivity index (χ4n) is 1.25. The Balaban J connectivity index is 3.32. The fraction of sp³-hybridized carbons (Fsp3) is 0.273. The average molecular weight is 304 g/mol. The molecule has 0 fully saturated rings. The summed E-state index contributed by atoms with van der Waals surface area (Å²) in [5.74, 6) is -0.711. The molecule has 1 aromatic rings. The third kappa shape index (κ3) is 3.01. The van der Waals surface area contributed by atoms with E-state index in [1.165, 1.54) is 0 Å². The molecular weight excluding hydrogens is 296 g/mol. The first-order valence-electron chi connectivity index (χ1n) is 4.70. The fourth-order valence-corrected chi connectivity index (χ4v) is 1.89. The molecule has 0 amide bonds. The van der Waals surface area contributed by atoms with Crippen LogP contribution >= 0.6 is 15.9 Å². The van der Waals surface area contributed by atoms with Gasteiger partial charge in [-0.05, 0) is 35.0 Å². The Morgan fingerprint density at radius 3 is 2.71 bits per heavy atom. The van der Waals surface area contributed by atoms with Gasteiger partial charge in [-0.15, -0.1) is 0 Å². The summed E-state index contributed by atoms with van der Waals surface area (Å²) >= 11 is 2.99. The number of hydrogen-bond acceptors (Lipinski definition) is 3. The van der Waals surface area contributed by atoms with Gasteiger partial charge < -0.3 is 4.74 Å². The van der Waals surface area contributed by atoms with Crippen LogP contribution < -0.4 is 0 Å². The summed E-state index contributed by atoms with van der Waals surface area (Å²) in [6.07, 6.45) is -2.70. The molecule has 1 aromatic carbocycles. The van der Waals surface area contributed by atoms with Gasteiger partial charge in [0.25, 0.3) is 6.43 Å². The average Bonchev–Trinajstić information content (AvgIpc) is 2.27. The SMILES string of the molecule is CCOC(=O)c1c(Br)cc(C(F)F)cc1C#N. The summed E-state index contributed by atoms with van der Waals surface area (Å²) in [5, 5.41) is 8.84.